The number of nitrogens with one attached hydrogen (secondary N) is 2. The maximum atomic E-state index is 13.1. The second-order valence-electron chi connectivity index (χ2n) is 4.78. The molecule has 2 atom stereocenters. The van der Waals surface area contributed by atoms with E-state index in [1.807, 2.05) is 0 Å². The molecule has 0 aromatic heterocycles. The molecule has 5 nitrogen and oxygen atoms in total. The highest BCUT2D eigenvalue weighted by Crippen LogP contribution is 2.43. The molecule has 2 saturated heterocycles. The molecule has 1 amide bonds. The molecule has 19 heavy (non-hydrogen) atoms. The van der Waals surface area contributed by atoms with Gasteiger partial charge in [0.05, 0.1) is 25.9 Å². The minimum atomic E-state index is -4.55. The predicted octanol–water partition coefficient (Wildman–Crippen LogP) is 0.0600. The van der Waals surface area contributed by atoms with Crippen LogP contribution in [0.25, 0.3) is 0 Å². The van der Waals surface area contributed by atoms with Crippen LogP contribution >= 0.6 is 0 Å². The molecule has 2 unspecified atom stereocenters. The topological polar surface area (TPSA) is 59.6 Å². The Kier molecular flexibility index (Phi) is 4.32. The molecule has 0 bridgehead atoms. The molecule has 0 radical (unpaired) electrons. The summed E-state index contributed by atoms with van der Waals surface area (Å²) < 4.78 is 49.6. The van der Waals surface area contributed by atoms with Crippen molar-refractivity contribution < 1.29 is 27.4 Å². The van der Waals surface area contributed by atoms with Gasteiger partial charge in [0, 0.05) is 13.1 Å². The van der Waals surface area contributed by atoms with Crippen LogP contribution in [0.3, 0.4) is 0 Å². The fourth-order valence-corrected chi connectivity index (χ4v) is 2.29. The van der Waals surface area contributed by atoms with Crippen LogP contribution in [-0.4, -0.2) is 57.6 Å². The number of ether oxygens (including phenoxy) is 2. The van der Waals surface area contributed by atoms with Crippen LogP contribution in [0.2, 0.25) is 0 Å². The normalized spacial score (nSPS) is 32.3. The molecule has 8 heteroatoms. The minimum absolute atomic E-state index is 0.0384. The molecule has 0 spiro atoms. The van der Waals surface area contributed by atoms with E-state index in [2.05, 4.69) is 10.6 Å². The van der Waals surface area contributed by atoms with Crippen molar-refractivity contribution in [1.82, 2.24) is 10.6 Å². The lowest BCUT2D eigenvalue weighted by molar-refractivity contribution is -0.216. The highest BCUT2D eigenvalue weighted by atomic mass is 19.4. The highest BCUT2D eigenvalue weighted by molar-refractivity contribution is 5.84. The van der Waals surface area contributed by atoms with E-state index in [9.17, 15) is 18.0 Å². The van der Waals surface area contributed by atoms with Gasteiger partial charge in [-0.15, -0.1) is 0 Å². The summed E-state index contributed by atoms with van der Waals surface area (Å²) >= 11 is 0. The summed E-state index contributed by atoms with van der Waals surface area (Å²) in [7, 11) is 0. The standard InChI is InChI=1S/C11H17F3N2O3/c12-11(13,14)10(1-2-15-7-10)9(17)16-5-8-6-18-3-4-19-8/h8,15H,1-7H2,(H,16,17). The van der Waals surface area contributed by atoms with Crippen LogP contribution in [0, 0.1) is 5.41 Å². The predicted molar refractivity (Wildman–Crippen MR) is 59.5 cm³/mol. The Hall–Kier alpha value is -0.860. The van der Waals surface area contributed by atoms with Crippen molar-refractivity contribution in [3.63, 3.8) is 0 Å². The molecule has 0 saturated carbocycles. The van der Waals surface area contributed by atoms with Gasteiger partial charge in [0.25, 0.3) is 0 Å². The van der Waals surface area contributed by atoms with Crippen LogP contribution in [0.15, 0.2) is 0 Å². The van der Waals surface area contributed by atoms with Gasteiger partial charge in [-0.1, -0.05) is 0 Å². The molecular formula is C11H17F3N2O3. The third-order valence-electron chi connectivity index (χ3n) is 3.51. The Morgan fingerprint density at radius 2 is 2.21 bits per heavy atom. The Morgan fingerprint density at radius 3 is 2.74 bits per heavy atom. The van der Waals surface area contributed by atoms with Gasteiger partial charge >= 0.3 is 6.18 Å². The summed E-state index contributed by atoms with van der Waals surface area (Å²) in [6, 6.07) is 0. The number of carbonyl (C=O) groups excluding carboxylic acids is 1. The zero-order valence-corrected chi connectivity index (χ0v) is 10.4. The first kappa shape index (κ1) is 14.5. The van der Waals surface area contributed by atoms with E-state index in [-0.39, 0.29) is 38.8 Å². The van der Waals surface area contributed by atoms with Gasteiger partial charge in [0.15, 0.2) is 5.41 Å². The molecule has 2 rings (SSSR count). The number of carbonyl (C=O) groups is 1. The molecule has 2 N–H and O–H groups in total. The first-order valence-corrected chi connectivity index (χ1v) is 6.21. The molecule has 2 aliphatic heterocycles. The van der Waals surface area contributed by atoms with Crippen LogP contribution < -0.4 is 10.6 Å². The number of hydrogen-bond acceptors (Lipinski definition) is 4. The number of hydrogen-bond donors (Lipinski definition) is 2. The van der Waals surface area contributed by atoms with Gasteiger partial charge in [-0.3, -0.25) is 4.79 Å². The average molecular weight is 282 g/mol. The fraction of sp³-hybridized carbons (Fsp3) is 0.909. The van der Waals surface area contributed by atoms with E-state index in [0.29, 0.717) is 13.2 Å². The fourth-order valence-electron chi connectivity index (χ4n) is 2.29. The van der Waals surface area contributed by atoms with Gasteiger partial charge < -0.3 is 20.1 Å². The molecule has 2 heterocycles. The van der Waals surface area contributed by atoms with Crippen molar-refractivity contribution >= 4 is 5.91 Å². The van der Waals surface area contributed by atoms with Gasteiger partial charge in [-0.2, -0.15) is 13.2 Å². The number of rotatable bonds is 3. The van der Waals surface area contributed by atoms with Crippen molar-refractivity contribution in [2.24, 2.45) is 5.41 Å². The third-order valence-corrected chi connectivity index (χ3v) is 3.51. The van der Waals surface area contributed by atoms with Crippen molar-refractivity contribution in [2.45, 2.75) is 18.7 Å². The lowest BCUT2D eigenvalue weighted by atomic mass is 9.85. The summed E-state index contributed by atoms with van der Waals surface area (Å²) in [4.78, 5) is 11.9. The second-order valence-corrected chi connectivity index (χ2v) is 4.78. The van der Waals surface area contributed by atoms with E-state index in [0.717, 1.165) is 0 Å². The smallest absolute Gasteiger partial charge is 0.376 e. The molecule has 0 aliphatic carbocycles. The second kappa shape index (κ2) is 5.64. The highest BCUT2D eigenvalue weighted by Gasteiger charge is 2.61. The summed E-state index contributed by atoms with van der Waals surface area (Å²) in [6.45, 7) is 1.02. The van der Waals surface area contributed by atoms with Crippen LogP contribution in [0.5, 0.6) is 0 Å². The summed E-state index contributed by atoms with van der Waals surface area (Å²) in [5.74, 6) is -0.987. The quantitative estimate of drug-likeness (QED) is 0.768. The van der Waals surface area contributed by atoms with Gasteiger partial charge in [0.1, 0.15) is 0 Å². The van der Waals surface area contributed by atoms with Gasteiger partial charge in [-0.05, 0) is 13.0 Å². The van der Waals surface area contributed by atoms with Crippen molar-refractivity contribution in [1.29, 1.82) is 0 Å². The Labute approximate surface area is 108 Å². The maximum Gasteiger partial charge on any atom is 0.404 e. The van der Waals surface area contributed by atoms with Crippen molar-refractivity contribution in [3.8, 4) is 0 Å². The Morgan fingerprint density at radius 1 is 1.42 bits per heavy atom. The van der Waals surface area contributed by atoms with Gasteiger partial charge in [-0.25, -0.2) is 0 Å². The van der Waals surface area contributed by atoms with E-state index in [1.54, 1.807) is 0 Å². The molecule has 2 fully saturated rings. The number of amides is 1. The summed E-state index contributed by atoms with van der Waals surface area (Å²) in [5, 5.41) is 4.94. The largest absolute Gasteiger partial charge is 0.404 e. The number of alkyl halides is 3. The average Bonchev–Trinajstić information content (AvgIpc) is 2.87. The number of halogens is 3. The zero-order valence-electron chi connectivity index (χ0n) is 10.4. The summed E-state index contributed by atoms with van der Waals surface area (Å²) in [6.07, 6.45) is -5.16. The lowest BCUT2D eigenvalue weighted by Crippen LogP contribution is -2.54. The van der Waals surface area contributed by atoms with E-state index in [4.69, 9.17) is 9.47 Å². The summed E-state index contributed by atoms with van der Waals surface area (Å²) in [5.41, 5.74) is -2.32. The molecule has 2 aliphatic rings. The van der Waals surface area contributed by atoms with E-state index < -0.39 is 17.5 Å². The molecule has 0 aromatic carbocycles. The van der Waals surface area contributed by atoms with Crippen LogP contribution in [-0.2, 0) is 14.3 Å². The maximum absolute atomic E-state index is 13.1. The van der Waals surface area contributed by atoms with Crippen LogP contribution in [0.4, 0.5) is 13.2 Å². The zero-order chi connectivity index (χ0) is 13.9. The lowest BCUT2D eigenvalue weighted by Gasteiger charge is -2.30. The molecule has 0 aromatic rings. The van der Waals surface area contributed by atoms with Crippen molar-refractivity contribution in [2.75, 3.05) is 39.5 Å². The molecule has 110 valence electrons. The van der Waals surface area contributed by atoms with Crippen molar-refractivity contribution in [3.05, 3.63) is 0 Å². The Balaban J connectivity index is 1.93. The van der Waals surface area contributed by atoms with Gasteiger partial charge in [0.2, 0.25) is 5.91 Å². The third kappa shape index (κ3) is 3.01. The first-order chi connectivity index (χ1) is 8.96. The Bertz CT molecular complexity index is 324. The van der Waals surface area contributed by atoms with E-state index >= 15 is 0 Å². The van der Waals surface area contributed by atoms with E-state index in [1.165, 1.54) is 0 Å². The van der Waals surface area contributed by atoms with Crippen LogP contribution in [0.1, 0.15) is 6.42 Å². The minimum Gasteiger partial charge on any atom is -0.376 e. The molecular weight excluding hydrogens is 265 g/mol. The monoisotopic (exact) mass is 282 g/mol. The SMILES string of the molecule is O=C(NCC1COCCO1)C1(C(F)(F)F)CCNC1. The first-order valence-electron chi connectivity index (χ1n) is 6.21.